The topological polar surface area (TPSA) is 0 Å². The molecule has 0 radical (unpaired) electrons. The van der Waals surface area contributed by atoms with Gasteiger partial charge in [0.1, 0.15) is 0 Å². The van der Waals surface area contributed by atoms with E-state index in [0.717, 1.165) is 0 Å². The first-order chi connectivity index (χ1) is 20.2. The van der Waals surface area contributed by atoms with E-state index in [4.69, 9.17) is 0 Å². The summed E-state index contributed by atoms with van der Waals surface area (Å²) >= 11 is 0. The van der Waals surface area contributed by atoms with Crippen molar-refractivity contribution >= 4 is 0 Å². The summed E-state index contributed by atoms with van der Waals surface area (Å²) in [5, 5.41) is 0. The third-order valence-corrected chi connectivity index (χ3v) is 10.1. The van der Waals surface area contributed by atoms with Gasteiger partial charge in [-0.3, -0.25) is 0 Å². The highest BCUT2D eigenvalue weighted by Gasteiger charge is 2.46. The quantitative estimate of drug-likeness (QED) is 0.305. The lowest BCUT2D eigenvalue weighted by Gasteiger charge is -2.48. The summed E-state index contributed by atoms with van der Waals surface area (Å²) in [4.78, 5) is 0. The third-order valence-electron chi connectivity index (χ3n) is 10.1. The van der Waals surface area contributed by atoms with E-state index >= 15 is 0 Å². The molecule has 0 aliphatic heterocycles. The second-order valence-electron chi connectivity index (χ2n) is 23.8. The van der Waals surface area contributed by atoms with Crippen LogP contribution in [-0.2, 0) is 48.7 Å². The predicted octanol–water partition coefficient (Wildman–Crippen LogP) is 14.4. The molecule has 0 atom stereocenters. The van der Waals surface area contributed by atoms with Crippen molar-refractivity contribution in [3.05, 3.63) is 67.8 Å². The molecule has 0 saturated carbocycles. The number of rotatable bonds is 2. The summed E-state index contributed by atoms with van der Waals surface area (Å²) < 4.78 is 0. The van der Waals surface area contributed by atoms with Crippen LogP contribution >= 0.6 is 0 Å². The standard InChI is InChI=1S/C47H80/c1-39(2,3)29-27-30(40(4,5)6)35(44(16,17)18)38(34(29)43(13,14)15)47(25,26)32-28-31(41(7,8)9)33(42(10,11)12)37(46(22,23)24)36(32)45(19,20)21/h27-28H,1-26H3. The first-order valence-electron chi connectivity index (χ1n) is 18.7. The van der Waals surface area contributed by atoms with Crippen LogP contribution in [0.2, 0.25) is 0 Å². The van der Waals surface area contributed by atoms with E-state index < -0.39 is 0 Å². The van der Waals surface area contributed by atoms with Crippen molar-refractivity contribution in [2.24, 2.45) is 0 Å². The van der Waals surface area contributed by atoms with Crippen LogP contribution in [0.25, 0.3) is 0 Å². The van der Waals surface area contributed by atoms with E-state index in [9.17, 15) is 0 Å². The van der Waals surface area contributed by atoms with Crippen molar-refractivity contribution < 1.29 is 0 Å². The highest BCUT2D eigenvalue weighted by Crippen LogP contribution is 2.55. The SMILES string of the molecule is CC(C)(C)c1cc(C(C)(C)c2c(C(C)(C)C)c(C(C)(C)C)cc(C(C)(C)C)c2C(C)(C)C)c(C(C)(C)C)c(C(C)(C)C)c1C(C)(C)C. The minimum Gasteiger partial charge on any atom is -0.0561 e. The fraction of sp³-hybridized carbons (Fsp3) is 0.745. The lowest BCUT2D eigenvalue weighted by atomic mass is 9.56. The van der Waals surface area contributed by atoms with E-state index in [0.29, 0.717) is 0 Å². The van der Waals surface area contributed by atoms with Crippen LogP contribution in [0, 0.1) is 0 Å². The summed E-state index contributed by atoms with van der Waals surface area (Å²) in [6.07, 6.45) is 0. The molecule has 0 aromatic heterocycles. The fourth-order valence-corrected chi connectivity index (χ4v) is 8.26. The Labute approximate surface area is 295 Å². The Hall–Kier alpha value is -1.56. The second-order valence-corrected chi connectivity index (χ2v) is 23.8. The van der Waals surface area contributed by atoms with Gasteiger partial charge >= 0.3 is 0 Å². The molecule has 0 spiro atoms. The molecule has 0 saturated heterocycles. The van der Waals surface area contributed by atoms with Gasteiger partial charge in [-0.15, -0.1) is 0 Å². The van der Waals surface area contributed by atoms with Gasteiger partial charge in [-0.25, -0.2) is 0 Å². The molecule has 0 bridgehead atoms. The zero-order valence-electron chi connectivity index (χ0n) is 36.7. The third kappa shape index (κ3) is 8.26. The van der Waals surface area contributed by atoms with Crippen molar-refractivity contribution in [2.75, 3.05) is 0 Å². The molecule has 0 amide bonds. The van der Waals surface area contributed by atoms with E-state index in [1.165, 1.54) is 22.3 Å². The van der Waals surface area contributed by atoms with Crippen LogP contribution in [0.5, 0.6) is 0 Å². The highest BCUT2D eigenvalue weighted by atomic mass is 14.5. The van der Waals surface area contributed by atoms with Gasteiger partial charge in [-0.1, -0.05) is 192 Å². The van der Waals surface area contributed by atoms with Gasteiger partial charge < -0.3 is 0 Å². The molecule has 0 aliphatic carbocycles. The van der Waals surface area contributed by atoms with Gasteiger partial charge in [0, 0.05) is 5.41 Å². The lowest BCUT2D eigenvalue weighted by Crippen LogP contribution is -2.40. The van der Waals surface area contributed by atoms with Crippen molar-refractivity contribution in [2.45, 2.75) is 229 Å². The molecule has 0 aliphatic rings. The average molecular weight is 645 g/mol. The van der Waals surface area contributed by atoms with Crippen LogP contribution in [0.3, 0.4) is 0 Å². The van der Waals surface area contributed by atoms with E-state index in [-0.39, 0.29) is 48.7 Å². The normalized spacial score (nSPS) is 15.0. The van der Waals surface area contributed by atoms with Crippen LogP contribution < -0.4 is 0 Å². The molecule has 0 fully saturated rings. The van der Waals surface area contributed by atoms with E-state index in [2.05, 4.69) is 192 Å². The van der Waals surface area contributed by atoms with Crippen LogP contribution in [0.15, 0.2) is 12.1 Å². The minimum absolute atomic E-state index is 0.0000526. The van der Waals surface area contributed by atoms with Crippen LogP contribution in [0.1, 0.15) is 236 Å². The summed E-state index contributed by atoms with van der Waals surface area (Å²) in [6.45, 7) is 63.7. The molecule has 0 N–H and O–H groups in total. The van der Waals surface area contributed by atoms with Crippen LogP contribution in [-0.4, -0.2) is 0 Å². The van der Waals surface area contributed by atoms with Gasteiger partial charge in [-0.05, 0) is 99.0 Å². The Bertz CT molecular complexity index is 1410. The monoisotopic (exact) mass is 645 g/mol. The van der Waals surface area contributed by atoms with Gasteiger partial charge in [0.25, 0.3) is 0 Å². The zero-order valence-corrected chi connectivity index (χ0v) is 36.7. The first-order valence-corrected chi connectivity index (χ1v) is 18.7. The van der Waals surface area contributed by atoms with Crippen LogP contribution in [0.4, 0.5) is 0 Å². The number of hydrogen-bond donors (Lipinski definition) is 0. The molecule has 0 heteroatoms. The fourth-order valence-electron chi connectivity index (χ4n) is 8.26. The Morgan fingerprint density at radius 2 is 0.404 bits per heavy atom. The largest absolute Gasteiger partial charge is 0.0561 e. The van der Waals surface area contributed by atoms with Crippen molar-refractivity contribution in [3.8, 4) is 0 Å². The summed E-state index contributed by atoms with van der Waals surface area (Å²) in [5.74, 6) is 0. The summed E-state index contributed by atoms with van der Waals surface area (Å²) in [6, 6.07) is 5.31. The Morgan fingerprint density at radius 3 is 0.617 bits per heavy atom. The van der Waals surface area contributed by atoms with E-state index in [1.54, 1.807) is 33.4 Å². The summed E-state index contributed by atoms with van der Waals surface area (Å²) in [7, 11) is 0. The maximum Gasteiger partial charge on any atom is 0.0155 e. The molecule has 0 heterocycles. The van der Waals surface area contributed by atoms with Gasteiger partial charge in [0.2, 0.25) is 0 Å². The molecule has 0 nitrogen and oxygen atoms in total. The predicted molar refractivity (Wildman–Crippen MR) is 215 cm³/mol. The lowest BCUT2D eigenvalue weighted by molar-refractivity contribution is 0.449. The highest BCUT2D eigenvalue weighted by molar-refractivity contribution is 5.65. The van der Waals surface area contributed by atoms with Crippen molar-refractivity contribution in [1.82, 2.24) is 0 Å². The van der Waals surface area contributed by atoms with Gasteiger partial charge in [-0.2, -0.15) is 0 Å². The molecule has 2 aromatic carbocycles. The second kappa shape index (κ2) is 11.8. The maximum absolute atomic E-state index is 2.69. The van der Waals surface area contributed by atoms with E-state index in [1.807, 2.05) is 0 Å². The maximum atomic E-state index is 2.69. The zero-order chi connectivity index (χ0) is 37.7. The first kappa shape index (κ1) is 41.6. The molecular weight excluding hydrogens is 565 g/mol. The number of hydrogen-bond acceptors (Lipinski definition) is 0. The van der Waals surface area contributed by atoms with Gasteiger partial charge in [0.15, 0.2) is 0 Å². The smallest absolute Gasteiger partial charge is 0.0155 e. The Kier molecular flexibility index (Phi) is 10.4. The molecule has 2 aromatic rings. The number of benzene rings is 2. The van der Waals surface area contributed by atoms with Gasteiger partial charge in [0.05, 0.1) is 0 Å². The molecule has 47 heavy (non-hydrogen) atoms. The minimum atomic E-state index is -0.272. The molecule has 2 rings (SSSR count). The van der Waals surface area contributed by atoms with Crippen molar-refractivity contribution in [3.63, 3.8) is 0 Å². The molecule has 0 unspecified atom stereocenters. The average Bonchev–Trinajstić information content (AvgIpc) is 2.76. The Morgan fingerprint density at radius 1 is 0.213 bits per heavy atom. The Balaban J connectivity index is 3.74. The van der Waals surface area contributed by atoms with Crippen molar-refractivity contribution in [1.29, 1.82) is 0 Å². The molecular formula is C47H80. The summed E-state index contributed by atoms with van der Waals surface area (Å²) in [5.41, 5.74) is 14.9. The molecule has 268 valence electrons.